The predicted octanol–water partition coefficient (Wildman–Crippen LogP) is 0.114. The second kappa shape index (κ2) is 7.73. The van der Waals surface area contributed by atoms with Gasteiger partial charge in [-0.25, -0.2) is 0 Å². The Morgan fingerprint density at radius 1 is 1.38 bits per heavy atom. The first kappa shape index (κ1) is 15.4. The topological polar surface area (TPSA) is 82.5 Å². The average molecular weight is 291 g/mol. The number of carbonyl (C=O) groups is 2. The van der Waals surface area contributed by atoms with Crippen LogP contribution >= 0.6 is 0 Å². The van der Waals surface area contributed by atoms with Gasteiger partial charge in [-0.15, -0.1) is 0 Å². The van der Waals surface area contributed by atoms with Gasteiger partial charge in [0.1, 0.15) is 6.10 Å². The largest absolute Gasteiger partial charge is 0.383 e. The molecule has 114 valence electrons. The number of carbonyl (C=O) groups excluding carboxylic acids is 2. The van der Waals surface area contributed by atoms with E-state index < -0.39 is 6.10 Å². The molecule has 1 fully saturated rings. The summed E-state index contributed by atoms with van der Waals surface area (Å²) in [6, 6.07) is 3.81. The summed E-state index contributed by atoms with van der Waals surface area (Å²) < 4.78 is 0. The van der Waals surface area contributed by atoms with Crippen LogP contribution in [0.25, 0.3) is 0 Å². The van der Waals surface area contributed by atoms with E-state index in [1.54, 1.807) is 12.4 Å². The number of pyridine rings is 1. The predicted molar refractivity (Wildman–Crippen MR) is 77.4 cm³/mol. The molecule has 1 aromatic rings. The Kier molecular flexibility index (Phi) is 5.68. The summed E-state index contributed by atoms with van der Waals surface area (Å²) in [6.07, 6.45) is 5.32. The summed E-state index contributed by atoms with van der Waals surface area (Å²) in [6.45, 7) is 1.08. The highest BCUT2D eigenvalue weighted by Gasteiger charge is 2.26. The molecule has 21 heavy (non-hydrogen) atoms. The summed E-state index contributed by atoms with van der Waals surface area (Å²) in [5.41, 5.74) is 1.10. The Hall–Kier alpha value is -1.95. The lowest BCUT2D eigenvalue weighted by molar-refractivity contribution is -0.142. The molecular weight excluding hydrogens is 270 g/mol. The van der Waals surface area contributed by atoms with E-state index in [1.807, 2.05) is 12.1 Å². The molecule has 1 aliphatic rings. The number of amides is 2. The molecular formula is C15H21N3O3. The third-order valence-electron chi connectivity index (χ3n) is 3.57. The van der Waals surface area contributed by atoms with Crippen LogP contribution in [0, 0.1) is 0 Å². The number of hydrogen-bond donors (Lipinski definition) is 2. The number of nitrogens with one attached hydrogen (secondary N) is 1. The minimum atomic E-state index is -0.961. The fourth-order valence-electron chi connectivity index (χ4n) is 2.37. The van der Waals surface area contributed by atoms with Crippen LogP contribution in [0.1, 0.15) is 24.8 Å². The molecule has 2 N–H and O–H groups in total. The summed E-state index contributed by atoms with van der Waals surface area (Å²) >= 11 is 0. The first-order valence-corrected chi connectivity index (χ1v) is 7.29. The van der Waals surface area contributed by atoms with Gasteiger partial charge in [-0.05, 0) is 43.4 Å². The van der Waals surface area contributed by atoms with Crippen LogP contribution in [-0.4, -0.2) is 52.5 Å². The van der Waals surface area contributed by atoms with Crippen molar-refractivity contribution in [2.45, 2.75) is 31.8 Å². The van der Waals surface area contributed by atoms with Crippen LogP contribution in [0.5, 0.6) is 0 Å². The lowest BCUT2D eigenvalue weighted by atomic mass is 10.2. The van der Waals surface area contributed by atoms with Crippen LogP contribution in [0.3, 0.4) is 0 Å². The number of aromatic nitrogens is 1. The van der Waals surface area contributed by atoms with Crippen LogP contribution in [0.4, 0.5) is 0 Å². The summed E-state index contributed by atoms with van der Waals surface area (Å²) in [5.74, 6) is -0.525. The van der Waals surface area contributed by atoms with Crippen molar-refractivity contribution in [3.63, 3.8) is 0 Å². The van der Waals surface area contributed by atoms with Crippen LogP contribution < -0.4 is 5.32 Å². The fraction of sp³-hybridized carbons (Fsp3) is 0.533. The Balaban J connectivity index is 1.74. The van der Waals surface area contributed by atoms with Crippen molar-refractivity contribution in [1.82, 2.24) is 15.2 Å². The van der Waals surface area contributed by atoms with E-state index in [9.17, 15) is 14.7 Å². The minimum absolute atomic E-state index is 0.0201. The molecule has 0 spiro atoms. The molecule has 0 bridgehead atoms. The van der Waals surface area contributed by atoms with Gasteiger partial charge in [-0.2, -0.15) is 0 Å². The maximum Gasteiger partial charge on any atom is 0.251 e. The normalized spacial score (nSPS) is 19.2. The molecule has 6 heteroatoms. The van der Waals surface area contributed by atoms with Crippen molar-refractivity contribution in [2.75, 3.05) is 19.6 Å². The SMILES string of the molecule is O=C(CN1CCCCC(O)C1=O)NCCc1ccncc1. The van der Waals surface area contributed by atoms with Gasteiger partial charge in [0, 0.05) is 25.5 Å². The first-order valence-electron chi connectivity index (χ1n) is 7.29. The van der Waals surface area contributed by atoms with Gasteiger partial charge in [-0.1, -0.05) is 0 Å². The quantitative estimate of drug-likeness (QED) is 0.807. The number of aliphatic hydroxyl groups is 1. The molecule has 1 unspecified atom stereocenters. The first-order chi connectivity index (χ1) is 10.2. The molecule has 0 aromatic carbocycles. The smallest absolute Gasteiger partial charge is 0.251 e. The van der Waals surface area contributed by atoms with E-state index in [-0.39, 0.29) is 18.4 Å². The molecule has 0 aliphatic carbocycles. The van der Waals surface area contributed by atoms with E-state index in [0.29, 0.717) is 19.5 Å². The van der Waals surface area contributed by atoms with E-state index >= 15 is 0 Å². The second-order valence-electron chi connectivity index (χ2n) is 5.23. The lowest BCUT2D eigenvalue weighted by Gasteiger charge is -2.21. The average Bonchev–Trinajstić information content (AvgIpc) is 2.64. The number of nitrogens with zero attached hydrogens (tertiary/aromatic N) is 2. The van der Waals surface area contributed by atoms with Crippen LogP contribution in [-0.2, 0) is 16.0 Å². The highest BCUT2D eigenvalue weighted by Crippen LogP contribution is 2.11. The van der Waals surface area contributed by atoms with Crippen molar-refractivity contribution >= 4 is 11.8 Å². The van der Waals surface area contributed by atoms with Gasteiger partial charge in [0.05, 0.1) is 6.54 Å². The molecule has 1 atom stereocenters. The number of aliphatic hydroxyl groups excluding tert-OH is 1. The maximum absolute atomic E-state index is 11.9. The zero-order valence-electron chi connectivity index (χ0n) is 12.0. The summed E-state index contributed by atoms with van der Waals surface area (Å²) in [5, 5.41) is 12.4. The van der Waals surface area contributed by atoms with Crippen molar-refractivity contribution in [3.05, 3.63) is 30.1 Å². The third-order valence-corrected chi connectivity index (χ3v) is 3.57. The zero-order valence-corrected chi connectivity index (χ0v) is 12.0. The third kappa shape index (κ3) is 4.82. The Morgan fingerprint density at radius 2 is 2.14 bits per heavy atom. The lowest BCUT2D eigenvalue weighted by Crippen LogP contribution is -2.44. The monoisotopic (exact) mass is 291 g/mol. The number of likely N-dealkylation sites (tertiary alicyclic amines) is 1. The van der Waals surface area contributed by atoms with E-state index in [4.69, 9.17) is 0 Å². The minimum Gasteiger partial charge on any atom is -0.383 e. The van der Waals surface area contributed by atoms with Crippen molar-refractivity contribution in [2.24, 2.45) is 0 Å². The molecule has 1 saturated heterocycles. The molecule has 2 amide bonds. The fourth-order valence-corrected chi connectivity index (χ4v) is 2.37. The van der Waals surface area contributed by atoms with Crippen molar-refractivity contribution in [1.29, 1.82) is 0 Å². The van der Waals surface area contributed by atoms with Gasteiger partial charge in [0.25, 0.3) is 5.91 Å². The van der Waals surface area contributed by atoms with Crippen molar-refractivity contribution in [3.8, 4) is 0 Å². The van der Waals surface area contributed by atoms with Gasteiger partial charge in [-0.3, -0.25) is 14.6 Å². The van der Waals surface area contributed by atoms with E-state index in [0.717, 1.165) is 24.8 Å². The molecule has 2 rings (SSSR count). The Labute approximate surface area is 124 Å². The highest BCUT2D eigenvalue weighted by atomic mass is 16.3. The number of rotatable bonds is 5. The summed E-state index contributed by atoms with van der Waals surface area (Å²) in [7, 11) is 0. The van der Waals surface area contributed by atoms with Crippen LogP contribution in [0.2, 0.25) is 0 Å². The van der Waals surface area contributed by atoms with Crippen LogP contribution in [0.15, 0.2) is 24.5 Å². The Morgan fingerprint density at radius 3 is 2.90 bits per heavy atom. The van der Waals surface area contributed by atoms with Gasteiger partial charge >= 0.3 is 0 Å². The molecule has 1 aromatic heterocycles. The Bertz CT molecular complexity index is 478. The van der Waals surface area contributed by atoms with E-state index in [2.05, 4.69) is 10.3 Å². The zero-order chi connectivity index (χ0) is 15.1. The van der Waals surface area contributed by atoms with E-state index in [1.165, 1.54) is 4.90 Å². The molecule has 0 saturated carbocycles. The molecule has 1 aliphatic heterocycles. The standard InChI is InChI=1S/C15H21N3O3/c19-13-3-1-2-10-18(15(13)21)11-14(20)17-9-6-12-4-7-16-8-5-12/h4-5,7-8,13,19H,1-3,6,9-11H2,(H,17,20). The molecule has 0 radical (unpaired) electrons. The second-order valence-corrected chi connectivity index (χ2v) is 5.23. The van der Waals surface area contributed by atoms with Crippen molar-refractivity contribution < 1.29 is 14.7 Å². The summed E-state index contributed by atoms with van der Waals surface area (Å²) in [4.78, 5) is 29.1. The molecule has 6 nitrogen and oxygen atoms in total. The molecule has 2 heterocycles. The highest BCUT2D eigenvalue weighted by molar-refractivity contribution is 5.87. The van der Waals surface area contributed by atoms with Gasteiger partial charge in [0.2, 0.25) is 5.91 Å². The van der Waals surface area contributed by atoms with Gasteiger partial charge < -0.3 is 15.3 Å². The van der Waals surface area contributed by atoms with Gasteiger partial charge in [0.15, 0.2) is 0 Å². The number of hydrogen-bond acceptors (Lipinski definition) is 4. The maximum atomic E-state index is 11.9.